The topological polar surface area (TPSA) is 167 Å². The third-order valence-corrected chi connectivity index (χ3v) is 5.61. The van der Waals surface area contributed by atoms with E-state index in [1.165, 1.54) is 12.5 Å². The Labute approximate surface area is 216 Å². The number of carbonyl (C=O) groups excluding carboxylic acids is 4. The number of nitrogens with zero attached hydrogens (tertiary/aromatic N) is 1. The summed E-state index contributed by atoms with van der Waals surface area (Å²) in [5, 5.41) is 15.5. The number of hydrogen-bond acceptors (Lipinski definition) is 8. The highest BCUT2D eigenvalue weighted by atomic mass is 16.6. The number of amides is 3. The molecule has 204 valence electrons. The molecule has 1 heterocycles. The normalized spacial score (nSPS) is 17.9. The number of rotatable bonds is 14. The molecule has 4 atom stereocenters. The fourth-order valence-electron chi connectivity index (χ4n) is 3.59. The van der Waals surface area contributed by atoms with E-state index < -0.39 is 60.5 Å². The third-order valence-electron chi connectivity index (χ3n) is 5.61. The molecular weight excluding hydrogens is 484 g/mol. The van der Waals surface area contributed by atoms with Crippen LogP contribution in [0, 0.1) is 5.92 Å². The van der Waals surface area contributed by atoms with Gasteiger partial charge in [-0.3, -0.25) is 24.6 Å². The van der Waals surface area contributed by atoms with Gasteiger partial charge in [-0.25, -0.2) is 9.80 Å². The molecule has 37 heavy (non-hydrogen) atoms. The molecule has 12 heteroatoms. The smallest absolute Gasteiger partial charge is 0.338 e. The van der Waals surface area contributed by atoms with E-state index in [4.69, 9.17) is 14.6 Å². The monoisotopic (exact) mass is 520 g/mol. The first-order valence-corrected chi connectivity index (χ1v) is 12.3. The lowest BCUT2D eigenvalue weighted by atomic mass is 10.0. The predicted octanol–water partition coefficient (Wildman–Crippen LogP) is 0.0130. The van der Waals surface area contributed by atoms with Gasteiger partial charge in [0.2, 0.25) is 5.91 Å². The van der Waals surface area contributed by atoms with Crippen molar-refractivity contribution in [1.29, 1.82) is 0 Å². The summed E-state index contributed by atoms with van der Waals surface area (Å²) in [7, 11) is 0. The van der Waals surface area contributed by atoms with Crippen LogP contribution in [0.25, 0.3) is 0 Å². The number of carbonyl (C=O) groups is 5. The van der Waals surface area contributed by atoms with Crippen LogP contribution in [0.1, 0.15) is 39.7 Å². The summed E-state index contributed by atoms with van der Waals surface area (Å²) in [6.45, 7) is 6.58. The van der Waals surface area contributed by atoms with Crippen LogP contribution in [0.5, 0.6) is 0 Å². The molecule has 1 aliphatic heterocycles. The minimum Gasteiger partial charge on any atom is -0.480 e. The molecule has 0 aliphatic carbocycles. The molecule has 0 spiro atoms. The van der Waals surface area contributed by atoms with Gasteiger partial charge in [0.25, 0.3) is 11.8 Å². The quantitative estimate of drug-likeness (QED) is 0.114. The number of nitrogens with one attached hydrogen (secondary N) is 3. The Morgan fingerprint density at radius 1 is 1.05 bits per heavy atom. The summed E-state index contributed by atoms with van der Waals surface area (Å²) >= 11 is 0. The van der Waals surface area contributed by atoms with Crippen molar-refractivity contribution in [2.75, 3.05) is 19.7 Å². The molecule has 0 aromatic heterocycles. The molecule has 4 N–H and O–H groups in total. The van der Waals surface area contributed by atoms with Crippen LogP contribution in [0.3, 0.4) is 0 Å². The number of esters is 1. The van der Waals surface area contributed by atoms with E-state index in [0.717, 1.165) is 12.8 Å². The fraction of sp³-hybridized carbons (Fsp3) is 0.560. The molecule has 3 amide bonds. The number of carboxylic acid groups (broad SMARTS) is 1. The van der Waals surface area contributed by atoms with Gasteiger partial charge >= 0.3 is 11.9 Å². The van der Waals surface area contributed by atoms with Crippen molar-refractivity contribution in [3.8, 4) is 0 Å². The summed E-state index contributed by atoms with van der Waals surface area (Å²) in [6.07, 6.45) is -0.737. The van der Waals surface area contributed by atoms with Crippen molar-refractivity contribution in [2.45, 2.75) is 64.8 Å². The lowest BCUT2D eigenvalue weighted by molar-refractivity contribution is -0.151. The second-order valence-electron chi connectivity index (χ2n) is 9.02. The second-order valence-corrected chi connectivity index (χ2v) is 9.02. The van der Waals surface area contributed by atoms with Gasteiger partial charge in [0, 0.05) is 0 Å². The molecule has 1 aromatic carbocycles. The van der Waals surface area contributed by atoms with Crippen LogP contribution in [0.4, 0.5) is 0 Å². The van der Waals surface area contributed by atoms with Gasteiger partial charge < -0.3 is 25.2 Å². The van der Waals surface area contributed by atoms with E-state index in [2.05, 4.69) is 16.1 Å². The summed E-state index contributed by atoms with van der Waals surface area (Å²) in [4.78, 5) is 61.1. The minimum atomic E-state index is -1.39. The summed E-state index contributed by atoms with van der Waals surface area (Å²) in [6, 6.07) is 8.34. The van der Waals surface area contributed by atoms with Crippen molar-refractivity contribution >= 4 is 29.7 Å². The Balaban J connectivity index is 1.89. The maximum atomic E-state index is 12.9. The van der Waals surface area contributed by atoms with Crippen LogP contribution in [-0.2, 0) is 39.9 Å². The molecule has 2 rings (SSSR count). The summed E-state index contributed by atoms with van der Waals surface area (Å²) in [5.41, 5.74) is 3.40. The van der Waals surface area contributed by atoms with E-state index in [-0.39, 0.29) is 12.5 Å². The Kier molecular flexibility index (Phi) is 11.5. The standard InChI is InChI=1S/C25H36N4O8/c1-5-36-25(35)21-20(37-21)24(34)29(14-18(30)31)28-22(32)16(4)27-23(33)19(15(2)3)26-13-9-12-17-10-7-6-8-11-17/h6-8,10-11,15-16,19-21,26H,5,9,12-14H2,1-4H3,(H,27,33)(H,28,32)(H,30,31)/t16-,19-,20+,21+/m0/s1. The first-order chi connectivity index (χ1) is 17.5. The number of aliphatic carboxylic acids is 1. The SMILES string of the molecule is CCOC(=O)[C@@H]1O[C@H]1C(=O)N(CC(=O)O)NC(=O)[C@H](C)NC(=O)[C@@H](NCCCc1ccccc1)C(C)C. The van der Waals surface area contributed by atoms with Gasteiger partial charge in [-0.1, -0.05) is 44.2 Å². The van der Waals surface area contributed by atoms with Crippen molar-refractivity contribution < 1.29 is 38.6 Å². The fourth-order valence-corrected chi connectivity index (χ4v) is 3.59. The zero-order chi connectivity index (χ0) is 27.5. The van der Waals surface area contributed by atoms with Gasteiger partial charge in [0.1, 0.15) is 12.6 Å². The van der Waals surface area contributed by atoms with Crippen molar-refractivity contribution in [3.63, 3.8) is 0 Å². The second kappa shape index (κ2) is 14.3. The number of hydrogen-bond donors (Lipinski definition) is 4. The lowest BCUT2D eigenvalue weighted by Crippen LogP contribution is -2.58. The van der Waals surface area contributed by atoms with Gasteiger partial charge in [-0.05, 0) is 44.7 Å². The molecule has 0 saturated carbocycles. The predicted molar refractivity (Wildman–Crippen MR) is 132 cm³/mol. The van der Waals surface area contributed by atoms with Gasteiger partial charge in [0.05, 0.1) is 12.6 Å². The van der Waals surface area contributed by atoms with Crippen LogP contribution in [-0.4, -0.2) is 83.8 Å². The first kappa shape index (κ1) is 29.7. The molecular formula is C25H36N4O8. The van der Waals surface area contributed by atoms with Crippen LogP contribution < -0.4 is 16.1 Å². The van der Waals surface area contributed by atoms with E-state index in [1.807, 2.05) is 44.2 Å². The maximum absolute atomic E-state index is 12.9. The summed E-state index contributed by atoms with van der Waals surface area (Å²) < 4.78 is 9.78. The lowest BCUT2D eigenvalue weighted by Gasteiger charge is -2.26. The zero-order valence-electron chi connectivity index (χ0n) is 21.6. The molecule has 0 unspecified atom stereocenters. The number of aryl methyl sites for hydroxylation is 1. The molecule has 1 aromatic rings. The van der Waals surface area contributed by atoms with Gasteiger partial charge in [0.15, 0.2) is 12.2 Å². The van der Waals surface area contributed by atoms with Crippen molar-refractivity contribution in [3.05, 3.63) is 35.9 Å². The Bertz CT molecular complexity index is 955. The van der Waals surface area contributed by atoms with Crippen molar-refractivity contribution in [2.24, 2.45) is 5.92 Å². The molecule has 12 nitrogen and oxygen atoms in total. The van der Waals surface area contributed by atoms with Gasteiger partial charge in [-0.15, -0.1) is 0 Å². The number of carboxylic acids is 1. The Morgan fingerprint density at radius 2 is 1.73 bits per heavy atom. The van der Waals surface area contributed by atoms with Crippen molar-refractivity contribution in [1.82, 2.24) is 21.1 Å². The average molecular weight is 521 g/mol. The highest BCUT2D eigenvalue weighted by Crippen LogP contribution is 2.25. The average Bonchev–Trinajstić information content (AvgIpc) is 3.64. The maximum Gasteiger partial charge on any atom is 0.338 e. The Hall–Kier alpha value is -3.51. The van der Waals surface area contributed by atoms with Crippen LogP contribution in [0.15, 0.2) is 30.3 Å². The highest BCUT2D eigenvalue weighted by Gasteiger charge is 2.53. The van der Waals surface area contributed by atoms with E-state index in [1.54, 1.807) is 6.92 Å². The number of hydrazine groups is 1. The van der Waals surface area contributed by atoms with Gasteiger partial charge in [-0.2, -0.15) is 0 Å². The molecule has 1 fully saturated rings. The molecule has 0 bridgehead atoms. The first-order valence-electron chi connectivity index (χ1n) is 12.3. The third kappa shape index (κ3) is 9.47. The molecule has 1 aliphatic rings. The molecule has 1 saturated heterocycles. The van der Waals surface area contributed by atoms with Crippen LogP contribution >= 0.6 is 0 Å². The number of epoxide rings is 1. The minimum absolute atomic E-state index is 0.0658. The zero-order valence-corrected chi connectivity index (χ0v) is 21.6. The van der Waals surface area contributed by atoms with E-state index in [9.17, 15) is 24.0 Å². The highest BCUT2D eigenvalue weighted by molar-refractivity contribution is 5.96. The number of ether oxygens (including phenoxy) is 2. The number of benzene rings is 1. The van der Waals surface area contributed by atoms with Crippen LogP contribution in [0.2, 0.25) is 0 Å². The summed E-state index contributed by atoms with van der Waals surface area (Å²) in [5.74, 6) is -4.32. The van der Waals surface area contributed by atoms with E-state index >= 15 is 0 Å². The Morgan fingerprint density at radius 3 is 2.32 bits per heavy atom. The largest absolute Gasteiger partial charge is 0.480 e. The molecule has 0 radical (unpaired) electrons. The van der Waals surface area contributed by atoms with E-state index in [0.29, 0.717) is 11.6 Å².